The van der Waals surface area contributed by atoms with Gasteiger partial charge in [-0.25, -0.2) is 4.79 Å². The monoisotopic (exact) mass is 413 g/mol. The minimum atomic E-state index is -0.357. The summed E-state index contributed by atoms with van der Waals surface area (Å²) in [7, 11) is 0. The molecule has 0 saturated heterocycles. The normalized spacial score (nSPS) is 10.5. The average Bonchev–Trinajstić information content (AvgIpc) is 2.75. The molecule has 0 aliphatic carbocycles. The van der Waals surface area contributed by atoms with Gasteiger partial charge in [0.2, 0.25) is 0 Å². The standard InChI is InChI=1S/C24H31NO5/c1-4-7-15-30-24(27)18-8-11-21(12-9-18)25-23(26)19-10-13-22(29-6-3)20(16-19)17-28-14-5-2/h8-13,16H,4-7,14-15,17H2,1-3H3,(H,25,26). The highest BCUT2D eigenvalue weighted by Crippen LogP contribution is 2.22. The van der Waals surface area contributed by atoms with E-state index in [9.17, 15) is 9.59 Å². The third-order valence-corrected chi connectivity index (χ3v) is 4.34. The minimum absolute atomic E-state index is 0.243. The highest BCUT2D eigenvalue weighted by Gasteiger charge is 2.12. The first-order chi connectivity index (χ1) is 14.6. The number of ether oxygens (including phenoxy) is 3. The average molecular weight is 414 g/mol. The molecule has 6 nitrogen and oxygen atoms in total. The van der Waals surface area contributed by atoms with E-state index in [1.54, 1.807) is 42.5 Å². The van der Waals surface area contributed by atoms with Crippen molar-refractivity contribution < 1.29 is 23.8 Å². The Morgan fingerprint density at radius 1 is 0.900 bits per heavy atom. The van der Waals surface area contributed by atoms with Crippen LogP contribution in [0.1, 0.15) is 66.3 Å². The maximum Gasteiger partial charge on any atom is 0.338 e. The second-order valence-corrected chi connectivity index (χ2v) is 6.83. The molecule has 0 heterocycles. The van der Waals surface area contributed by atoms with Crippen molar-refractivity contribution in [2.24, 2.45) is 0 Å². The van der Waals surface area contributed by atoms with E-state index in [0.717, 1.165) is 30.6 Å². The molecule has 0 aliphatic heterocycles. The zero-order chi connectivity index (χ0) is 21.8. The third-order valence-electron chi connectivity index (χ3n) is 4.34. The highest BCUT2D eigenvalue weighted by molar-refractivity contribution is 6.04. The number of hydrogen-bond acceptors (Lipinski definition) is 5. The number of amides is 1. The molecule has 30 heavy (non-hydrogen) atoms. The number of carbonyl (C=O) groups is 2. The first kappa shape index (κ1) is 23.4. The lowest BCUT2D eigenvalue weighted by Crippen LogP contribution is -2.13. The molecule has 0 radical (unpaired) electrons. The van der Waals surface area contributed by atoms with Crippen LogP contribution in [0.4, 0.5) is 5.69 Å². The molecule has 0 aliphatic rings. The van der Waals surface area contributed by atoms with Crippen molar-refractivity contribution in [2.45, 2.75) is 46.6 Å². The Kier molecular flexibility index (Phi) is 9.87. The lowest BCUT2D eigenvalue weighted by atomic mass is 10.1. The fourth-order valence-corrected chi connectivity index (χ4v) is 2.74. The molecular weight excluding hydrogens is 382 g/mol. The first-order valence-corrected chi connectivity index (χ1v) is 10.5. The second kappa shape index (κ2) is 12.6. The molecule has 1 N–H and O–H groups in total. The molecule has 2 aromatic rings. The van der Waals surface area contributed by atoms with Crippen LogP contribution in [0.25, 0.3) is 0 Å². The summed E-state index contributed by atoms with van der Waals surface area (Å²) in [5.41, 5.74) is 2.41. The summed E-state index contributed by atoms with van der Waals surface area (Å²) in [6.07, 6.45) is 2.73. The molecule has 162 valence electrons. The largest absolute Gasteiger partial charge is 0.494 e. The van der Waals surface area contributed by atoms with Crippen molar-refractivity contribution >= 4 is 17.6 Å². The molecule has 0 spiro atoms. The van der Waals surface area contributed by atoms with Gasteiger partial charge in [-0.05, 0) is 62.2 Å². The highest BCUT2D eigenvalue weighted by atomic mass is 16.5. The van der Waals surface area contributed by atoms with Crippen LogP contribution in [-0.4, -0.2) is 31.7 Å². The van der Waals surface area contributed by atoms with Crippen LogP contribution < -0.4 is 10.1 Å². The van der Waals surface area contributed by atoms with E-state index in [-0.39, 0.29) is 11.9 Å². The van der Waals surface area contributed by atoms with Crippen molar-refractivity contribution in [1.29, 1.82) is 0 Å². The molecule has 2 rings (SSSR count). The summed E-state index contributed by atoms with van der Waals surface area (Å²) in [5, 5.41) is 2.85. The van der Waals surface area contributed by atoms with Crippen LogP contribution in [0, 0.1) is 0 Å². The van der Waals surface area contributed by atoms with E-state index < -0.39 is 0 Å². The van der Waals surface area contributed by atoms with Crippen molar-refractivity contribution in [2.75, 3.05) is 25.1 Å². The van der Waals surface area contributed by atoms with Gasteiger partial charge in [-0.15, -0.1) is 0 Å². The maximum absolute atomic E-state index is 12.7. The number of hydrogen-bond donors (Lipinski definition) is 1. The number of benzene rings is 2. The summed E-state index contributed by atoms with van der Waals surface area (Å²) in [6.45, 7) is 7.99. The van der Waals surface area contributed by atoms with Gasteiger partial charge < -0.3 is 19.5 Å². The molecule has 0 atom stereocenters. The summed E-state index contributed by atoms with van der Waals surface area (Å²) < 4.78 is 16.5. The predicted octanol–water partition coefficient (Wildman–Crippen LogP) is 5.22. The van der Waals surface area contributed by atoms with Gasteiger partial charge in [0.15, 0.2) is 0 Å². The van der Waals surface area contributed by atoms with E-state index in [0.29, 0.717) is 43.2 Å². The molecule has 0 aromatic heterocycles. The van der Waals surface area contributed by atoms with Crippen LogP contribution in [-0.2, 0) is 16.1 Å². The quantitative estimate of drug-likeness (QED) is 0.381. The Balaban J connectivity index is 2.04. The number of rotatable bonds is 12. The van der Waals surface area contributed by atoms with Gasteiger partial charge in [-0.3, -0.25) is 4.79 Å². The van der Waals surface area contributed by atoms with Crippen molar-refractivity contribution in [3.63, 3.8) is 0 Å². The van der Waals surface area contributed by atoms with E-state index >= 15 is 0 Å². The smallest absolute Gasteiger partial charge is 0.338 e. The second-order valence-electron chi connectivity index (χ2n) is 6.83. The van der Waals surface area contributed by atoms with Crippen molar-refractivity contribution in [1.82, 2.24) is 0 Å². The van der Waals surface area contributed by atoms with Crippen LogP contribution in [0.2, 0.25) is 0 Å². The van der Waals surface area contributed by atoms with E-state index in [4.69, 9.17) is 14.2 Å². The molecule has 0 bridgehead atoms. The molecule has 2 aromatic carbocycles. The Hall–Kier alpha value is -2.86. The van der Waals surface area contributed by atoms with Crippen LogP contribution in [0.3, 0.4) is 0 Å². The van der Waals surface area contributed by atoms with Crippen LogP contribution in [0.5, 0.6) is 5.75 Å². The Bertz CT molecular complexity index is 817. The van der Waals surface area contributed by atoms with Crippen LogP contribution >= 0.6 is 0 Å². The Labute approximate surface area is 178 Å². The van der Waals surface area contributed by atoms with Crippen LogP contribution in [0.15, 0.2) is 42.5 Å². The molecular formula is C24H31NO5. The topological polar surface area (TPSA) is 73.9 Å². The zero-order valence-corrected chi connectivity index (χ0v) is 18.0. The molecule has 0 unspecified atom stereocenters. The lowest BCUT2D eigenvalue weighted by molar-refractivity contribution is 0.0499. The van der Waals surface area contributed by atoms with Crippen molar-refractivity contribution in [3.8, 4) is 5.75 Å². The van der Waals surface area contributed by atoms with Gasteiger partial charge in [0.05, 0.1) is 25.4 Å². The van der Waals surface area contributed by atoms with E-state index in [1.807, 2.05) is 20.8 Å². The number of nitrogens with one attached hydrogen (secondary N) is 1. The fraction of sp³-hybridized carbons (Fsp3) is 0.417. The van der Waals surface area contributed by atoms with Gasteiger partial charge >= 0.3 is 5.97 Å². The number of unbranched alkanes of at least 4 members (excludes halogenated alkanes) is 1. The van der Waals surface area contributed by atoms with Gasteiger partial charge in [0.1, 0.15) is 5.75 Å². The van der Waals surface area contributed by atoms with Gasteiger partial charge in [-0.2, -0.15) is 0 Å². The zero-order valence-electron chi connectivity index (χ0n) is 18.0. The molecule has 0 fully saturated rings. The van der Waals surface area contributed by atoms with E-state index in [1.165, 1.54) is 0 Å². The fourth-order valence-electron chi connectivity index (χ4n) is 2.74. The van der Waals surface area contributed by atoms with E-state index in [2.05, 4.69) is 5.32 Å². The summed E-state index contributed by atoms with van der Waals surface area (Å²) in [6, 6.07) is 12.0. The molecule has 1 amide bonds. The number of carbonyl (C=O) groups excluding carboxylic acids is 2. The SMILES string of the molecule is CCCCOC(=O)c1ccc(NC(=O)c2ccc(OCC)c(COCCC)c2)cc1. The Morgan fingerprint density at radius 3 is 2.30 bits per heavy atom. The first-order valence-electron chi connectivity index (χ1n) is 10.5. The Morgan fingerprint density at radius 2 is 1.63 bits per heavy atom. The number of anilines is 1. The van der Waals surface area contributed by atoms with Gasteiger partial charge in [0, 0.05) is 23.4 Å². The summed E-state index contributed by atoms with van der Waals surface area (Å²) >= 11 is 0. The minimum Gasteiger partial charge on any atom is -0.494 e. The number of esters is 1. The van der Waals surface area contributed by atoms with Gasteiger partial charge in [0.25, 0.3) is 5.91 Å². The molecule has 6 heteroatoms. The molecule has 0 saturated carbocycles. The summed E-state index contributed by atoms with van der Waals surface area (Å²) in [5.74, 6) is 0.119. The van der Waals surface area contributed by atoms with Gasteiger partial charge in [-0.1, -0.05) is 20.3 Å². The third kappa shape index (κ3) is 7.19. The summed E-state index contributed by atoms with van der Waals surface area (Å²) in [4.78, 5) is 24.6. The predicted molar refractivity (Wildman–Crippen MR) is 117 cm³/mol. The van der Waals surface area contributed by atoms with Crippen molar-refractivity contribution in [3.05, 3.63) is 59.2 Å². The lowest BCUT2D eigenvalue weighted by Gasteiger charge is -2.13. The maximum atomic E-state index is 12.7.